The van der Waals surface area contributed by atoms with Gasteiger partial charge in [0.2, 0.25) is 0 Å². The number of nitrogens with zero attached hydrogens (tertiary/aromatic N) is 3. The molecule has 9 heavy (non-hydrogen) atoms. The van der Waals surface area contributed by atoms with Crippen molar-refractivity contribution < 1.29 is 33.5 Å². The zero-order valence-corrected chi connectivity index (χ0v) is 5.55. The molecule has 0 bridgehead atoms. The van der Waals surface area contributed by atoms with Gasteiger partial charge in [0.05, 0.1) is 0 Å². The maximum Gasteiger partial charge on any atom is 3.00 e. The average Bonchev–Trinajstić information content (AvgIpc) is 0.918. The van der Waals surface area contributed by atoms with Crippen LogP contribution in [0.15, 0.2) is 0 Å². The summed E-state index contributed by atoms with van der Waals surface area (Å²) < 4.78 is 0. The van der Waals surface area contributed by atoms with E-state index in [1.165, 1.54) is 4.91 Å². The molecule has 0 rings (SSSR count). The zero-order valence-electron chi connectivity index (χ0n) is 4.37. The topological polar surface area (TPSA) is 220 Å². The summed E-state index contributed by atoms with van der Waals surface area (Å²) in [7, 11) is 0. The summed E-state index contributed by atoms with van der Waals surface area (Å²) in [6.45, 7) is 0. The molecule has 8 nitrogen and oxygen atoms in total. The van der Waals surface area contributed by atoms with Gasteiger partial charge in [-0.15, -0.1) is 0 Å². The normalized spacial score (nSPS) is 0.889. The van der Waals surface area contributed by atoms with E-state index in [2.05, 4.69) is 0 Å². The van der Waals surface area contributed by atoms with Crippen LogP contribution in [0.25, 0.3) is 28.3 Å². The number of hydrogen-bond acceptors (Lipinski definition) is 0. The van der Waals surface area contributed by atoms with Crippen LogP contribution in [0.3, 0.4) is 0 Å². The Balaban J connectivity index is -0.00000000133. The molecule has 60 valence electrons. The summed E-state index contributed by atoms with van der Waals surface area (Å²) in [5, 5.41) is 0. The van der Waals surface area contributed by atoms with Gasteiger partial charge in [0.15, 0.2) is 0 Å². The molecule has 0 heterocycles. The van der Waals surface area contributed by atoms with E-state index in [-0.39, 0.29) is 45.8 Å². The Labute approximate surface area is 62.6 Å². The molecule has 0 fully saturated rings. The van der Waals surface area contributed by atoms with E-state index in [1.807, 2.05) is 0 Å². The minimum absolute atomic E-state index is 0. The summed E-state index contributed by atoms with van der Waals surface area (Å²) in [4.78, 5) is 1.50. The minimum Gasteiger partial charge on any atom is -0.693 e. The van der Waals surface area contributed by atoms with Gasteiger partial charge in [-0.2, -0.15) is 0 Å². The Morgan fingerprint density at radius 3 is 0.778 bits per heavy atom. The third-order valence-electron chi connectivity index (χ3n) is 0. The molecular weight excluding hydrogens is 173 g/mol. The molecule has 0 saturated carbocycles. The second kappa shape index (κ2) is 846. The molecule has 10 N–H and O–H groups in total. The molecule has 0 spiro atoms. The fraction of sp³-hybridized carbons (Fsp3) is 0. The first-order chi connectivity index (χ1) is 1.41. The van der Waals surface area contributed by atoms with Gasteiger partial charge in [0.25, 0.3) is 0 Å². The van der Waals surface area contributed by atoms with Gasteiger partial charge in [-0.25, -0.2) is 0 Å². The van der Waals surface area contributed by atoms with Crippen LogP contribution in [0.4, 0.5) is 0 Å². The predicted octanol–water partition coefficient (Wildman–Crippen LogP) is -0.176. The van der Waals surface area contributed by atoms with E-state index >= 15 is 0 Å². The van der Waals surface area contributed by atoms with Crippen LogP contribution in [-0.2, 0) is 17.1 Å². The molecular formula is H10MnN5O3. The standard InChI is InChI=1S/Mn.N3.2H2N.3H2O/c;1-3-2;;;;;/h;;5*1H2/q+3;3*-1;;;. The Morgan fingerprint density at radius 2 is 0.778 bits per heavy atom. The molecule has 0 atom stereocenters. The number of hydrogen-bond donors (Lipinski definition) is 0. The monoisotopic (exact) mass is 183 g/mol. The molecule has 0 aliphatic heterocycles. The Bertz CT molecular complexity index is 33.2. The Kier molecular flexibility index (Phi) is 17800. The molecule has 0 saturated heterocycles. The van der Waals surface area contributed by atoms with Crippen LogP contribution in [0.5, 0.6) is 0 Å². The summed E-state index contributed by atoms with van der Waals surface area (Å²) in [5.74, 6) is 0. The SMILES string of the molecule is O.O.O.[Mn+3].[N-]=[N+]=[N-].[NH2-].[NH2-]. The van der Waals surface area contributed by atoms with Crippen molar-refractivity contribution >= 4 is 0 Å². The van der Waals surface area contributed by atoms with Crippen molar-refractivity contribution in [1.29, 1.82) is 0 Å². The third-order valence-corrected chi connectivity index (χ3v) is 0. The van der Waals surface area contributed by atoms with E-state index in [1.54, 1.807) is 0 Å². The van der Waals surface area contributed by atoms with Crippen molar-refractivity contribution in [2.45, 2.75) is 0 Å². The molecule has 0 aromatic heterocycles. The van der Waals surface area contributed by atoms with Crippen LogP contribution in [0.1, 0.15) is 0 Å². The fourth-order valence-corrected chi connectivity index (χ4v) is 0. The molecule has 0 aliphatic rings. The molecule has 0 amide bonds. The van der Waals surface area contributed by atoms with Crippen molar-refractivity contribution in [1.82, 2.24) is 0 Å². The summed E-state index contributed by atoms with van der Waals surface area (Å²) in [5.41, 5.74) is 13.5. The van der Waals surface area contributed by atoms with Crippen molar-refractivity contribution in [2.24, 2.45) is 0 Å². The van der Waals surface area contributed by atoms with Gasteiger partial charge < -0.3 is 39.8 Å². The van der Waals surface area contributed by atoms with Gasteiger partial charge in [0, 0.05) is 0 Å². The van der Waals surface area contributed by atoms with Crippen LogP contribution in [-0.4, -0.2) is 16.4 Å². The maximum absolute atomic E-state index is 6.75. The van der Waals surface area contributed by atoms with Crippen LogP contribution in [0.2, 0.25) is 0 Å². The summed E-state index contributed by atoms with van der Waals surface area (Å²) in [6, 6.07) is 0. The predicted molar refractivity (Wildman–Crippen MR) is 31.5 cm³/mol. The van der Waals surface area contributed by atoms with E-state index < -0.39 is 0 Å². The molecule has 0 aliphatic carbocycles. The second-order valence-corrected chi connectivity index (χ2v) is 0.0894. The minimum atomic E-state index is 0. The summed E-state index contributed by atoms with van der Waals surface area (Å²) in [6.07, 6.45) is 0. The fourth-order valence-electron chi connectivity index (χ4n) is 0. The first kappa shape index (κ1) is 189. The van der Waals surface area contributed by atoms with Gasteiger partial charge >= 0.3 is 17.1 Å². The van der Waals surface area contributed by atoms with Crippen molar-refractivity contribution in [3.8, 4) is 0 Å². The van der Waals surface area contributed by atoms with E-state index in [9.17, 15) is 0 Å². The van der Waals surface area contributed by atoms with Crippen LogP contribution < -0.4 is 0 Å². The van der Waals surface area contributed by atoms with Crippen LogP contribution in [0, 0.1) is 0 Å². The third kappa shape index (κ3) is 1760. The molecule has 9 heteroatoms. The molecule has 0 radical (unpaired) electrons. The maximum atomic E-state index is 6.75. The Morgan fingerprint density at radius 1 is 0.778 bits per heavy atom. The summed E-state index contributed by atoms with van der Waals surface area (Å²) >= 11 is 0. The second-order valence-electron chi connectivity index (χ2n) is 0.0894. The number of nitrogens with two attached hydrogens (primary N) is 2. The van der Waals surface area contributed by atoms with E-state index in [0.29, 0.717) is 0 Å². The smallest absolute Gasteiger partial charge is 0.693 e. The first-order valence-corrected chi connectivity index (χ1v) is 0.400. The van der Waals surface area contributed by atoms with E-state index in [4.69, 9.17) is 11.1 Å². The molecule has 0 aromatic carbocycles. The molecule has 0 unspecified atom stereocenters. The van der Waals surface area contributed by atoms with Crippen molar-refractivity contribution in [2.75, 3.05) is 0 Å². The largest absolute Gasteiger partial charge is 3.00 e. The van der Waals surface area contributed by atoms with Crippen LogP contribution >= 0.6 is 0 Å². The zero-order chi connectivity index (χ0) is 2.71. The van der Waals surface area contributed by atoms with Gasteiger partial charge in [-0.05, 0) is 0 Å². The first-order valence-electron chi connectivity index (χ1n) is 0.400. The Hall–Kier alpha value is -0.371. The van der Waals surface area contributed by atoms with E-state index in [0.717, 1.165) is 0 Å². The van der Waals surface area contributed by atoms with Gasteiger partial charge in [-0.3, -0.25) is 4.91 Å². The number of rotatable bonds is 0. The average molecular weight is 183 g/mol. The molecule has 0 aromatic rings. The van der Waals surface area contributed by atoms with Crippen molar-refractivity contribution in [3.05, 3.63) is 28.3 Å². The van der Waals surface area contributed by atoms with Gasteiger partial charge in [0.1, 0.15) is 0 Å². The quantitative estimate of drug-likeness (QED) is 0.206. The van der Waals surface area contributed by atoms with Gasteiger partial charge in [-0.1, -0.05) is 0 Å². The van der Waals surface area contributed by atoms with Crippen molar-refractivity contribution in [3.63, 3.8) is 0 Å².